The number of alkyl halides is 1. The van der Waals surface area contributed by atoms with Gasteiger partial charge in [-0.2, -0.15) is 9.66 Å². The van der Waals surface area contributed by atoms with E-state index in [1.165, 1.54) is 17.8 Å². The number of aliphatic hydroxyl groups excluding tert-OH is 2. The first-order valence-electron chi connectivity index (χ1n) is 7.59. The van der Waals surface area contributed by atoms with Crippen LogP contribution in [0.4, 0.5) is 10.3 Å². The lowest BCUT2D eigenvalue weighted by atomic mass is 9.90. The molecule has 12 heteroatoms. The predicted molar refractivity (Wildman–Crippen MR) is 88.6 cm³/mol. The van der Waals surface area contributed by atoms with Gasteiger partial charge in [0.05, 0.1) is 12.4 Å². The number of hydrogen-bond acceptors (Lipinski definition) is 9. The van der Waals surface area contributed by atoms with Crippen LogP contribution in [-0.2, 0) is 4.74 Å². The van der Waals surface area contributed by atoms with E-state index in [1.807, 2.05) is 0 Å². The van der Waals surface area contributed by atoms with Gasteiger partial charge in [0.15, 0.2) is 22.9 Å². The molecular weight excluding hydrogens is 349 g/mol. The minimum Gasteiger partial charge on any atom is -0.391 e. The summed E-state index contributed by atoms with van der Waals surface area (Å²) in [5, 5.41) is 20.3. The summed E-state index contributed by atoms with van der Waals surface area (Å²) in [6, 6.07) is 0. The number of aromatic nitrogens is 4. The molecule has 1 aliphatic rings. The summed E-state index contributed by atoms with van der Waals surface area (Å²) in [5.41, 5.74) is 9.21. The Balaban J connectivity index is 2.21. The van der Waals surface area contributed by atoms with Gasteiger partial charge < -0.3 is 32.3 Å². The predicted octanol–water partition coefficient (Wildman–Crippen LogP) is -2.80. The Morgan fingerprint density at radius 1 is 1.58 bits per heavy atom. The average Bonchev–Trinajstić information content (AvgIpc) is 3.11. The summed E-state index contributed by atoms with van der Waals surface area (Å²) in [6.45, 7) is 0.403. The van der Waals surface area contributed by atoms with Crippen LogP contribution in [0.25, 0.3) is 11.2 Å². The van der Waals surface area contributed by atoms with E-state index in [-0.39, 0.29) is 17.1 Å². The number of aliphatic hydroxyl groups is 2. The van der Waals surface area contributed by atoms with Crippen molar-refractivity contribution in [2.24, 2.45) is 5.73 Å². The Morgan fingerprint density at radius 2 is 2.27 bits per heavy atom. The quantitative estimate of drug-likeness (QED) is 0.277. The van der Waals surface area contributed by atoms with Crippen molar-refractivity contribution in [2.75, 3.05) is 18.3 Å². The van der Waals surface area contributed by atoms with Gasteiger partial charge in [-0.05, 0) is 6.92 Å². The van der Waals surface area contributed by atoms with Crippen LogP contribution in [0.1, 0.15) is 13.2 Å². The molecule has 3 rings (SSSR count). The van der Waals surface area contributed by atoms with Gasteiger partial charge >= 0.3 is 5.56 Å². The van der Waals surface area contributed by atoms with Crippen LogP contribution in [0.3, 0.4) is 0 Å². The molecular formula is C14H18FN7O4. The molecule has 1 saturated heterocycles. The second kappa shape index (κ2) is 6.22. The van der Waals surface area contributed by atoms with Gasteiger partial charge in [-0.1, -0.05) is 11.8 Å². The summed E-state index contributed by atoms with van der Waals surface area (Å²) in [4.78, 5) is 20.1. The van der Waals surface area contributed by atoms with Crippen LogP contribution in [-0.4, -0.2) is 59.9 Å². The zero-order valence-corrected chi connectivity index (χ0v) is 13.7. The first-order valence-corrected chi connectivity index (χ1v) is 7.59. The van der Waals surface area contributed by atoms with Crippen LogP contribution < -0.4 is 22.9 Å². The van der Waals surface area contributed by atoms with Crippen molar-refractivity contribution in [1.29, 1.82) is 0 Å². The molecule has 140 valence electrons. The molecule has 11 nitrogen and oxygen atoms in total. The van der Waals surface area contributed by atoms with Gasteiger partial charge in [-0.15, -0.1) is 0 Å². The van der Waals surface area contributed by atoms with Gasteiger partial charge in [0.2, 0.25) is 5.95 Å². The Kier molecular flexibility index (Phi) is 4.32. The van der Waals surface area contributed by atoms with E-state index in [0.29, 0.717) is 4.68 Å². The Bertz CT molecular complexity index is 962. The zero-order chi connectivity index (χ0) is 19.2. The maximum absolute atomic E-state index is 12.6. The molecule has 2 aromatic heterocycles. The van der Waals surface area contributed by atoms with E-state index in [4.69, 9.17) is 22.0 Å². The molecule has 0 bridgehead atoms. The highest BCUT2D eigenvalue weighted by atomic mass is 19.1. The van der Waals surface area contributed by atoms with Crippen LogP contribution in [0.5, 0.6) is 0 Å². The molecule has 2 aromatic rings. The number of halogens is 1. The molecule has 8 N–H and O–H groups in total. The first-order chi connectivity index (χ1) is 12.2. The molecule has 3 heterocycles. The second-order valence-corrected chi connectivity index (χ2v) is 5.98. The van der Waals surface area contributed by atoms with Crippen LogP contribution in [0, 0.1) is 11.8 Å². The number of ether oxygens (including phenoxy) is 1. The standard InChI is InChI=1S/C14H18FN7O4/c1-6(23)8-9(24)14(17,3-2-4-15)12(26-8)21-5-19-7-10(21)20-13(16)22(18)11(7)25/h5-6,8-9,12,23-24H,4,17-18H2,1H3,(H2,16,20)/t6-,8-,9?,12-,14-/m1/s1. The first kappa shape index (κ1) is 18.1. The van der Waals surface area contributed by atoms with Gasteiger partial charge in [0.1, 0.15) is 18.9 Å². The number of anilines is 1. The van der Waals surface area contributed by atoms with Crippen LogP contribution in [0.15, 0.2) is 11.1 Å². The molecule has 0 aliphatic carbocycles. The highest BCUT2D eigenvalue weighted by molar-refractivity contribution is 5.71. The molecule has 1 unspecified atom stereocenters. The summed E-state index contributed by atoms with van der Waals surface area (Å²) in [6.07, 6.45) is -3.68. The topological polar surface area (TPSA) is 180 Å². The van der Waals surface area contributed by atoms with Gasteiger partial charge in [-0.25, -0.2) is 9.37 Å². The SMILES string of the molecule is C[C@@H](O)[C@H]1O[C@@H](n2cnc3c(=O)n(N)c(N)nc32)[C@@](N)(C#CCF)C1O. The number of fused-ring (bicyclic) bond motifs is 1. The van der Waals surface area contributed by atoms with Gasteiger partial charge in [0, 0.05) is 0 Å². The molecule has 0 radical (unpaired) electrons. The molecule has 1 aliphatic heterocycles. The third-order valence-electron chi connectivity index (χ3n) is 4.25. The summed E-state index contributed by atoms with van der Waals surface area (Å²) in [7, 11) is 0. The lowest BCUT2D eigenvalue weighted by molar-refractivity contribution is -0.0756. The number of nitrogen functional groups attached to an aromatic ring is 2. The van der Waals surface area contributed by atoms with E-state index in [9.17, 15) is 19.4 Å². The lowest BCUT2D eigenvalue weighted by Gasteiger charge is -2.27. The fourth-order valence-electron chi connectivity index (χ4n) is 2.92. The summed E-state index contributed by atoms with van der Waals surface area (Å²) in [5.74, 6) is 9.80. The minimum atomic E-state index is -1.80. The normalized spacial score (nSPS) is 29.5. The molecule has 0 spiro atoms. The Labute approximate surface area is 146 Å². The van der Waals surface area contributed by atoms with Crippen molar-refractivity contribution in [2.45, 2.75) is 37.0 Å². The van der Waals surface area contributed by atoms with Gasteiger partial charge in [-0.3, -0.25) is 9.36 Å². The van der Waals surface area contributed by atoms with Crippen molar-refractivity contribution < 1.29 is 19.3 Å². The van der Waals surface area contributed by atoms with Gasteiger partial charge in [0.25, 0.3) is 0 Å². The van der Waals surface area contributed by atoms with Crippen molar-refractivity contribution in [3.63, 3.8) is 0 Å². The van der Waals surface area contributed by atoms with Crippen molar-refractivity contribution in [3.05, 3.63) is 16.7 Å². The number of hydrogen-bond donors (Lipinski definition) is 5. The zero-order valence-electron chi connectivity index (χ0n) is 13.7. The molecule has 0 saturated carbocycles. The highest BCUT2D eigenvalue weighted by Gasteiger charge is 2.56. The number of rotatable bonds is 2. The van der Waals surface area contributed by atoms with Crippen molar-refractivity contribution in [3.8, 4) is 11.8 Å². The van der Waals surface area contributed by atoms with Crippen LogP contribution in [0.2, 0.25) is 0 Å². The summed E-state index contributed by atoms with van der Waals surface area (Å²) < 4.78 is 20.1. The highest BCUT2D eigenvalue weighted by Crippen LogP contribution is 2.38. The fourth-order valence-corrected chi connectivity index (χ4v) is 2.92. The van der Waals surface area contributed by atoms with E-state index < -0.39 is 42.3 Å². The largest absolute Gasteiger partial charge is 0.391 e. The van der Waals surface area contributed by atoms with E-state index in [2.05, 4.69) is 21.8 Å². The van der Waals surface area contributed by atoms with Crippen molar-refractivity contribution in [1.82, 2.24) is 19.2 Å². The molecule has 0 aromatic carbocycles. The molecule has 5 atom stereocenters. The third kappa shape index (κ3) is 2.49. The third-order valence-corrected chi connectivity index (χ3v) is 4.25. The molecule has 0 amide bonds. The number of imidazole rings is 1. The average molecular weight is 367 g/mol. The lowest BCUT2D eigenvalue weighted by Crippen LogP contribution is -2.54. The smallest absolute Gasteiger partial charge is 0.301 e. The molecule has 1 fully saturated rings. The van der Waals surface area contributed by atoms with E-state index in [1.54, 1.807) is 0 Å². The fraction of sp³-hybridized carbons (Fsp3) is 0.500. The number of nitrogens with two attached hydrogens (primary N) is 3. The Morgan fingerprint density at radius 3 is 2.88 bits per heavy atom. The second-order valence-electron chi connectivity index (χ2n) is 5.98. The van der Waals surface area contributed by atoms with Crippen LogP contribution >= 0.6 is 0 Å². The summed E-state index contributed by atoms with van der Waals surface area (Å²) >= 11 is 0. The Hall–Kier alpha value is -2.72. The van der Waals surface area contributed by atoms with Crippen molar-refractivity contribution >= 4 is 17.1 Å². The van der Waals surface area contributed by atoms with E-state index >= 15 is 0 Å². The minimum absolute atomic E-state index is 0.00508. The molecule has 26 heavy (non-hydrogen) atoms. The maximum Gasteiger partial charge on any atom is 0.301 e. The maximum atomic E-state index is 12.6. The van der Waals surface area contributed by atoms with E-state index in [0.717, 1.165) is 0 Å². The number of nitrogens with zero attached hydrogens (tertiary/aromatic N) is 4. The monoisotopic (exact) mass is 367 g/mol.